The van der Waals surface area contributed by atoms with Gasteiger partial charge in [0.25, 0.3) is 5.91 Å². The molecular weight excluding hydrogens is 464 g/mol. The van der Waals surface area contributed by atoms with Crippen LogP contribution in [0.5, 0.6) is 0 Å². The summed E-state index contributed by atoms with van der Waals surface area (Å²) in [6, 6.07) is 7.85. The first-order valence-corrected chi connectivity index (χ1v) is 13.9. The molecule has 35 heavy (non-hydrogen) atoms. The molecule has 1 aromatic carbocycles. The molecule has 4 heterocycles. The Morgan fingerprint density at radius 2 is 2.03 bits per heavy atom. The van der Waals surface area contributed by atoms with Crippen LogP contribution in [0.15, 0.2) is 36.4 Å². The van der Waals surface area contributed by atoms with Gasteiger partial charge >= 0.3 is 0 Å². The number of benzene rings is 1. The summed E-state index contributed by atoms with van der Waals surface area (Å²) in [5.41, 5.74) is 5.86. The van der Waals surface area contributed by atoms with E-state index < -0.39 is 9.84 Å². The number of rotatable bonds is 6. The Kier molecular flexibility index (Phi) is 6.33. The monoisotopic (exact) mass is 494 g/mol. The second-order valence-corrected chi connectivity index (χ2v) is 11.5. The summed E-state index contributed by atoms with van der Waals surface area (Å²) in [5, 5.41) is 6.24. The van der Waals surface area contributed by atoms with Crippen molar-refractivity contribution in [3.63, 3.8) is 0 Å². The number of hydrogen-bond acceptors (Lipinski definition) is 7. The Hall–Kier alpha value is -3.24. The second kappa shape index (κ2) is 9.43. The zero-order valence-corrected chi connectivity index (χ0v) is 20.8. The maximum absolute atomic E-state index is 12.5. The highest BCUT2D eigenvalue weighted by molar-refractivity contribution is 7.90. The molecular formula is C25H30N6O3S. The zero-order chi connectivity index (χ0) is 24.6. The van der Waals surface area contributed by atoms with Gasteiger partial charge in [0.1, 0.15) is 15.4 Å². The third kappa shape index (κ3) is 4.94. The number of sulfone groups is 1. The minimum absolute atomic E-state index is 0.0489. The molecule has 3 N–H and O–H groups in total. The second-order valence-electron chi connectivity index (χ2n) is 9.26. The number of carbonyl (C=O) groups excluding carboxylic acids is 1. The summed E-state index contributed by atoms with van der Waals surface area (Å²) < 4.78 is 22.8. The van der Waals surface area contributed by atoms with Gasteiger partial charge in [-0.25, -0.2) is 18.4 Å². The number of aromatic nitrogens is 3. The molecule has 0 saturated heterocycles. The summed E-state index contributed by atoms with van der Waals surface area (Å²) in [5.74, 6) is 1.04. The Morgan fingerprint density at radius 1 is 1.17 bits per heavy atom. The van der Waals surface area contributed by atoms with Crippen LogP contribution >= 0.6 is 0 Å². The quantitative estimate of drug-likeness (QED) is 0.355. The molecule has 1 amide bonds. The number of anilines is 1. The predicted octanol–water partition coefficient (Wildman–Crippen LogP) is 2.16. The lowest BCUT2D eigenvalue weighted by atomic mass is 9.94. The SMILES string of the molecule is Cc1nc2cccc3c2nc1N(CCNCCS(C)(=O)=O)C/C=C/C[C@H]1CNC(=O)c2cc-3[nH]c21. The molecule has 9 nitrogen and oxygen atoms in total. The van der Waals surface area contributed by atoms with Gasteiger partial charge in [0, 0.05) is 61.8 Å². The average molecular weight is 495 g/mol. The molecule has 2 aliphatic rings. The maximum Gasteiger partial charge on any atom is 0.253 e. The highest BCUT2D eigenvalue weighted by Gasteiger charge is 2.28. The van der Waals surface area contributed by atoms with E-state index in [2.05, 4.69) is 32.7 Å². The lowest BCUT2D eigenvalue weighted by molar-refractivity contribution is 0.0940. The van der Waals surface area contributed by atoms with Crippen molar-refractivity contribution in [3.05, 3.63) is 53.4 Å². The molecule has 0 radical (unpaired) electrons. The first kappa shape index (κ1) is 23.5. The fourth-order valence-electron chi connectivity index (χ4n) is 4.76. The van der Waals surface area contributed by atoms with Crippen molar-refractivity contribution in [2.45, 2.75) is 19.3 Å². The van der Waals surface area contributed by atoms with Gasteiger partial charge in [-0.1, -0.05) is 24.3 Å². The Labute approximate surface area is 205 Å². The number of nitrogens with zero attached hydrogens (tertiary/aromatic N) is 3. The van der Waals surface area contributed by atoms with E-state index >= 15 is 0 Å². The van der Waals surface area contributed by atoms with Gasteiger partial charge in [0.05, 0.1) is 22.5 Å². The van der Waals surface area contributed by atoms with Crippen molar-refractivity contribution in [2.24, 2.45) is 0 Å². The number of carbonyl (C=O) groups is 1. The van der Waals surface area contributed by atoms with E-state index in [4.69, 9.17) is 9.97 Å². The molecule has 0 unspecified atom stereocenters. The van der Waals surface area contributed by atoms with Crippen LogP contribution in [0, 0.1) is 6.92 Å². The van der Waals surface area contributed by atoms with Crippen LogP contribution in [0.1, 0.15) is 34.1 Å². The third-order valence-corrected chi connectivity index (χ3v) is 7.51. The molecule has 184 valence electrons. The molecule has 0 aliphatic carbocycles. The average Bonchev–Trinajstić information content (AvgIpc) is 3.26. The lowest BCUT2D eigenvalue weighted by Gasteiger charge is -2.25. The molecule has 10 heteroatoms. The lowest BCUT2D eigenvalue weighted by Crippen LogP contribution is -2.35. The van der Waals surface area contributed by atoms with E-state index in [0.29, 0.717) is 38.3 Å². The summed E-state index contributed by atoms with van der Waals surface area (Å²) in [7, 11) is -3.00. The summed E-state index contributed by atoms with van der Waals surface area (Å²) in [6.45, 7) is 4.91. The van der Waals surface area contributed by atoms with Gasteiger partial charge in [-0.05, 0) is 25.5 Å². The normalized spacial score (nSPS) is 18.6. The number of fused-ring (bicyclic) bond motifs is 3. The van der Waals surface area contributed by atoms with Crippen LogP contribution in [0.2, 0.25) is 0 Å². The first-order valence-electron chi connectivity index (χ1n) is 11.9. The van der Waals surface area contributed by atoms with Crippen molar-refractivity contribution in [1.82, 2.24) is 25.6 Å². The summed E-state index contributed by atoms with van der Waals surface area (Å²) in [6.07, 6.45) is 6.34. The van der Waals surface area contributed by atoms with Crippen molar-refractivity contribution in [2.75, 3.05) is 49.6 Å². The topological polar surface area (TPSA) is 120 Å². The smallest absolute Gasteiger partial charge is 0.253 e. The van der Waals surface area contributed by atoms with Crippen molar-refractivity contribution < 1.29 is 13.2 Å². The summed E-state index contributed by atoms with van der Waals surface area (Å²) >= 11 is 0. The first-order chi connectivity index (χ1) is 16.8. The van der Waals surface area contributed by atoms with Gasteiger partial charge < -0.3 is 20.5 Å². The zero-order valence-electron chi connectivity index (χ0n) is 20.0. The van der Waals surface area contributed by atoms with Gasteiger partial charge in [-0.3, -0.25) is 4.79 Å². The molecule has 4 bridgehead atoms. The van der Waals surface area contributed by atoms with Crippen molar-refractivity contribution in [1.29, 1.82) is 0 Å². The van der Waals surface area contributed by atoms with Gasteiger partial charge in [0.15, 0.2) is 5.82 Å². The third-order valence-electron chi connectivity index (χ3n) is 6.57. The van der Waals surface area contributed by atoms with E-state index in [-0.39, 0.29) is 17.6 Å². The molecule has 0 fully saturated rings. The Balaban J connectivity index is 1.54. The fourth-order valence-corrected chi connectivity index (χ4v) is 5.27. The van der Waals surface area contributed by atoms with E-state index in [1.165, 1.54) is 6.26 Å². The molecule has 0 saturated carbocycles. The van der Waals surface area contributed by atoms with E-state index in [0.717, 1.165) is 45.9 Å². The number of allylic oxidation sites excluding steroid dienone is 1. The largest absolute Gasteiger partial charge is 0.357 e. The van der Waals surface area contributed by atoms with Crippen molar-refractivity contribution in [3.8, 4) is 11.3 Å². The van der Waals surface area contributed by atoms with E-state index in [1.807, 2.05) is 31.2 Å². The molecule has 2 aliphatic heterocycles. The standard InChI is InChI=1S/C25H30N6O3S/c1-16-24-30-23-18(7-5-8-20(23)28-16)21-14-19-22(29-21)17(15-27-25(19)32)6-3-4-11-31(24)12-9-26-10-13-35(2,33)34/h3-5,7-8,14,17,26,29H,6,9-13,15H2,1-2H3,(H,27,32)/b4-3+/t17-/m0/s1. The fraction of sp³-hybridized carbons (Fsp3) is 0.400. The van der Waals surface area contributed by atoms with Crippen LogP contribution in [-0.2, 0) is 9.84 Å². The summed E-state index contributed by atoms with van der Waals surface area (Å²) in [4.78, 5) is 28.2. The minimum Gasteiger partial charge on any atom is -0.357 e. The number of hydrogen-bond donors (Lipinski definition) is 3. The van der Waals surface area contributed by atoms with Gasteiger partial charge in [-0.2, -0.15) is 0 Å². The molecule has 0 spiro atoms. The number of H-pyrrole nitrogens is 1. The highest BCUT2D eigenvalue weighted by atomic mass is 32.2. The van der Waals surface area contributed by atoms with Crippen LogP contribution in [0.3, 0.4) is 0 Å². The predicted molar refractivity (Wildman–Crippen MR) is 138 cm³/mol. The van der Waals surface area contributed by atoms with Crippen molar-refractivity contribution >= 4 is 32.6 Å². The Bertz CT molecular complexity index is 1410. The number of aromatic amines is 1. The minimum atomic E-state index is -3.00. The van der Waals surface area contributed by atoms with Crippen LogP contribution in [0.4, 0.5) is 5.82 Å². The highest BCUT2D eigenvalue weighted by Crippen LogP contribution is 2.34. The molecule has 2 aromatic heterocycles. The molecule has 1 atom stereocenters. The van der Waals surface area contributed by atoms with Crippen LogP contribution in [-0.4, -0.2) is 74.0 Å². The van der Waals surface area contributed by atoms with Gasteiger partial charge in [0.2, 0.25) is 0 Å². The number of nitrogens with one attached hydrogen (secondary N) is 3. The number of amides is 1. The van der Waals surface area contributed by atoms with Crippen LogP contribution in [0.25, 0.3) is 22.3 Å². The van der Waals surface area contributed by atoms with E-state index in [9.17, 15) is 13.2 Å². The number of aryl methyl sites for hydroxylation is 1. The molecule has 3 aromatic rings. The van der Waals surface area contributed by atoms with Crippen LogP contribution < -0.4 is 15.5 Å². The van der Waals surface area contributed by atoms with Gasteiger partial charge in [-0.15, -0.1) is 0 Å². The van der Waals surface area contributed by atoms with E-state index in [1.54, 1.807) is 0 Å². The number of para-hydroxylation sites is 1. The maximum atomic E-state index is 12.5. The molecule has 5 rings (SSSR count). The Morgan fingerprint density at radius 3 is 2.86 bits per heavy atom.